The highest BCUT2D eigenvalue weighted by atomic mass is 35.5. The van der Waals surface area contributed by atoms with Gasteiger partial charge in [0.25, 0.3) is 5.91 Å². The number of alkyl halides is 2. The van der Waals surface area contributed by atoms with Crippen LogP contribution in [0.1, 0.15) is 25.6 Å². The minimum atomic E-state index is -3.83. The van der Waals surface area contributed by atoms with Crippen molar-refractivity contribution in [2.75, 3.05) is 11.4 Å². The zero-order chi connectivity index (χ0) is 19.6. The Morgan fingerprint density at radius 2 is 2.07 bits per heavy atom. The summed E-state index contributed by atoms with van der Waals surface area (Å²) in [6.07, 6.45) is 3.50. The van der Waals surface area contributed by atoms with E-state index in [1.165, 1.54) is 21.9 Å². The van der Waals surface area contributed by atoms with Crippen LogP contribution >= 0.6 is 11.6 Å². The molecule has 6 nitrogen and oxygen atoms in total. The number of amides is 2. The summed E-state index contributed by atoms with van der Waals surface area (Å²) in [5, 5.41) is 2.70. The molecular weight excluding hydrogens is 378 g/mol. The molecule has 0 radical (unpaired) electrons. The van der Waals surface area contributed by atoms with Gasteiger partial charge in [-0.2, -0.15) is 8.78 Å². The maximum atomic E-state index is 14.6. The number of rotatable bonds is 6. The second-order valence-corrected chi connectivity index (χ2v) is 6.74. The number of benzene rings is 1. The van der Waals surface area contributed by atoms with Crippen LogP contribution in [0.4, 0.5) is 14.5 Å². The molecule has 0 saturated carbocycles. The maximum Gasteiger partial charge on any atom is 0.381 e. The number of aromatic nitrogens is 2. The fourth-order valence-electron chi connectivity index (χ4n) is 3.05. The third-order valence-electron chi connectivity index (χ3n) is 4.40. The molecule has 1 atom stereocenters. The van der Waals surface area contributed by atoms with Gasteiger partial charge in [0.15, 0.2) is 5.82 Å². The van der Waals surface area contributed by atoms with Crippen LogP contribution in [-0.2, 0) is 22.1 Å². The number of aryl methyl sites for hydroxylation is 1. The molecule has 1 fully saturated rings. The lowest BCUT2D eigenvalue weighted by atomic mass is 10.2. The predicted molar refractivity (Wildman–Crippen MR) is 96.8 cm³/mol. The lowest BCUT2D eigenvalue weighted by Crippen LogP contribution is -2.48. The third kappa shape index (κ3) is 3.80. The highest BCUT2D eigenvalue weighted by Crippen LogP contribution is 2.29. The molecule has 2 aromatic rings. The van der Waals surface area contributed by atoms with Crippen LogP contribution in [0.2, 0.25) is 5.02 Å². The molecule has 1 aromatic carbocycles. The average molecular weight is 397 g/mol. The van der Waals surface area contributed by atoms with E-state index in [9.17, 15) is 18.4 Å². The smallest absolute Gasteiger partial charge is 0.339 e. The summed E-state index contributed by atoms with van der Waals surface area (Å²) in [4.78, 5) is 29.8. The van der Waals surface area contributed by atoms with E-state index in [0.717, 1.165) is 0 Å². The molecule has 2 heterocycles. The Bertz CT molecular complexity index is 838. The summed E-state index contributed by atoms with van der Waals surface area (Å²) in [5.41, 5.74) is 0.603. The number of halogens is 3. The number of hydrogen-bond donors (Lipinski definition) is 1. The van der Waals surface area contributed by atoms with Crippen molar-refractivity contribution >= 4 is 29.1 Å². The molecular formula is C18H19ClF2N4O2. The van der Waals surface area contributed by atoms with Crippen molar-refractivity contribution in [1.82, 2.24) is 14.9 Å². The van der Waals surface area contributed by atoms with Gasteiger partial charge in [-0.15, -0.1) is 0 Å². The number of carbonyl (C=O) groups excluding carboxylic acids is 2. The molecule has 1 aliphatic rings. The van der Waals surface area contributed by atoms with Crippen LogP contribution in [-0.4, -0.2) is 34.0 Å². The van der Waals surface area contributed by atoms with Gasteiger partial charge < -0.3 is 14.8 Å². The Morgan fingerprint density at radius 3 is 2.74 bits per heavy atom. The number of hydrogen-bond acceptors (Lipinski definition) is 3. The lowest BCUT2D eigenvalue weighted by molar-refractivity contribution is -0.150. The van der Waals surface area contributed by atoms with Crippen molar-refractivity contribution in [3.05, 3.63) is 47.5 Å². The molecule has 1 N–H and O–H groups in total. The topological polar surface area (TPSA) is 67.2 Å². The molecule has 0 aliphatic carbocycles. The van der Waals surface area contributed by atoms with Gasteiger partial charge >= 0.3 is 5.92 Å². The van der Waals surface area contributed by atoms with Crippen molar-refractivity contribution < 1.29 is 18.4 Å². The Hall–Kier alpha value is -2.48. The van der Waals surface area contributed by atoms with Crippen LogP contribution in [0, 0.1) is 0 Å². The zero-order valence-electron chi connectivity index (χ0n) is 14.7. The van der Waals surface area contributed by atoms with Crippen LogP contribution in [0.3, 0.4) is 0 Å². The van der Waals surface area contributed by atoms with E-state index in [2.05, 4.69) is 10.3 Å². The van der Waals surface area contributed by atoms with Crippen molar-refractivity contribution in [1.29, 1.82) is 0 Å². The van der Waals surface area contributed by atoms with Gasteiger partial charge in [-0.3, -0.25) is 9.59 Å². The van der Waals surface area contributed by atoms with E-state index < -0.39 is 29.6 Å². The number of anilines is 1. The van der Waals surface area contributed by atoms with Crippen LogP contribution < -0.4 is 10.2 Å². The van der Waals surface area contributed by atoms with Gasteiger partial charge in [-0.25, -0.2) is 4.98 Å². The quantitative estimate of drug-likeness (QED) is 0.816. The van der Waals surface area contributed by atoms with Gasteiger partial charge in [0.05, 0.1) is 0 Å². The van der Waals surface area contributed by atoms with E-state index in [-0.39, 0.29) is 6.42 Å². The largest absolute Gasteiger partial charge is 0.381 e. The zero-order valence-corrected chi connectivity index (χ0v) is 15.4. The Kier molecular flexibility index (Phi) is 5.46. The van der Waals surface area contributed by atoms with E-state index in [4.69, 9.17) is 11.6 Å². The van der Waals surface area contributed by atoms with Gasteiger partial charge in [0, 0.05) is 36.2 Å². The molecule has 3 rings (SSSR count). The SMILES string of the molecule is CCCn1ccnc1C(F)(F)C(=O)N[C@@H]1CCN(c2ccc(Cl)cc2)C1=O. The van der Waals surface area contributed by atoms with Gasteiger partial charge in [0.2, 0.25) is 5.91 Å². The Balaban J connectivity index is 1.71. The van der Waals surface area contributed by atoms with Gasteiger partial charge in [0.1, 0.15) is 6.04 Å². The predicted octanol–water partition coefficient (Wildman–Crippen LogP) is 2.96. The lowest BCUT2D eigenvalue weighted by Gasteiger charge is -2.20. The van der Waals surface area contributed by atoms with Crippen LogP contribution in [0.5, 0.6) is 0 Å². The fourth-order valence-corrected chi connectivity index (χ4v) is 3.18. The van der Waals surface area contributed by atoms with Crippen LogP contribution in [0.25, 0.3) is 0 Å². The molecule has 2 amide bonds. The summed E-state index contributed by atoms with van der Waals surface area (Å²) < 4.78 is 30.4. The molecule has 0 unspecified atom stereocenters. The van der Waals surface area contributed by atoms with E-state index >= 15 is 0 Å². The second-order valence-electron chi connectivity index (χ2n) is 6.30. The first-order chi connectivity index (χ1) is 12.8. The first kappa shape index (κ1) is 19.3. The summed E-state index contributed by atoms with van der Waals surface area (Å²) in [6.45, 7) is 2.48. The maximum absolute atomic E-state index is 14.6. The van der Waals surface area contributed by atoms with Crippen molar-refractivity contribution in [2.24, 2.45) is 0 Å². The fraction of sp³-hybridized carbons (Fsp3) is 0.389. The average Bonchev–Trinajstić information content (AvgIpc) is 3.24. The molecule has 144 valence electrons. The van der Waals surface area contributed by atoms with E-state index in [1.54, 1.807) is 24.3 Å². The highest BCUT2D eigenvalue weighted by molar-refractivity contribution is 6.30. The van der Waals surface area contributed by atoms with Crippen molar-refractivity contribution in [3.63, 3.8) is 0 Å². The minimum absolute atomic E-state index is 0.243. The summed E-state index contributed by atoms with van der Waals surface area (Å²) in [7, 11) is 0. The molecule has 27 heavy (non-hydrogen) atoms. The Labute approximate surface area is 160 Å². The summed E-state index contributed by atoms with van der Waals surface area (Å²) in [6, 6.07) is 5.60. The standard InChI is InChI=1S/C18H19ClF2N4O2/c1-2-9-24-11-8-22-16(24)18(20,21)17(27)23-14-7-10-25(15(14)26)13-5-3-12(19)4-6-13/h3-6,8,11,14H,2,7,9-10H2,1H3,(H,23,27)/t14-/m1/s1. The normalized spacial score (nSPS) is 17.4. The molecule has 1 saturated heterocycles. The molecule has 1 aliphatic heterocycles. The summed E-state index contributed by atoms with van der Waals surface area (Å²) in [5.74, 6) is -6.41. The Morgan fingerprint density at radius 1 is 1.37 bits per heavy atom. The van der Waals surface area contributed by atoms with Crippen molar-refractivity contribution in [3.8, 4) is 0 Å². The van der Waals surface area contributed by atoms with Gasteiger partial charge in [-0.05, 0) is 37.1 Å². The second kappa shape index (κ2) is 7.64. The number of carbonyl (C=O) groups is 2. The number of imidazole rings is 1. The number of nitrogens with zero attached hydrogens (tertiary/aromatic N) is 3. The highest BCUT2D eigenvalue weighted by Gasteiger charge is 2.47. The van der Waals surface area contributed by atoms with E-state index in [0.29, 0.717) is 30.2 Å². The number of nitrogens with one attached hydrogen (secondary N) is 1. The molecule has 0 bridgehead atoms. The molecule has 9 heteroatoms. The minimum Gasteiger partial charge on any atom is -0.339 e. The van der Waals surface area contributed by atoms with Crippen LogP contribution in [0.15, 0.2) is 36.7 Å². The first-order valence-corrected chi connectivity index (χ1v) is 8.99. The monoisotopic (exact) mass is 396 g/mol. The first-order valence-electron chi connectivity index (χ1n) is 8.62. The summed E-state index contributed by atoms with van der Waals surface area (Å²) >= 11 is 5.83. The molecule has 1 aromatic heterocycles. The third-order valence-corrected chi connectivity index (χ3v) is 4.65. The van der Waals surface area contributed by atoms with Gasteiger partial charge in [-0.1, -0.05) is 18.5 Å². The van der Waals surface area contributed by atoms with E-state index in [1.807, 2.05) is 6.92 Å². The van der Waals surface area contributed by atoms with Crippen molar-refractivity contribution in [2.45, 2.75) is 38.3 Å². The molecule has 0 spiro atoms.